The lowest BCUT2D eigenvalue weighted by atomic mass is 9.71. The maximum atomic E-state index is 9.64. The van der Waals surface area contributed by atoms with Crippen LogP contribution < -0.4 is 10.6 Å². The molecule has 4 nitrogen and oxygen atoms in total. The molecule has 106 valence electrons. The SMILES string of the molecule is CN(C)[C@]1(c2cccs2)CC[C@]2(CC1)CNC(O)N2. The number of hydrogen-bond donors (Lipinski definition) is 3. The van der Waals surface area contributed by atoms with E-state index in [1.165, 1.54) is 4.88 Å². The summed E-state index contributed by atoms with van der Waals surface area (Å²) in [6.45, 7) is 0.877. The monoisotopic (exact) mass is 281 g/mol. The van der Waals surface area contributed by atoms with Crippen molar-refractivity contribution in [2.24, 2.45) is 0 Å². The molecule has 1 aliphatic heterocycles. The average molecular weight is 281 g/mol. The van der Waals surface area contributed by atoms with Gasteiger partial charge >= 0.3 is 0 Å². The molecule has 2 heterocycles. The van der Waals surface area contributed by atoms with Crippen LogP contribution in [0, 0.1) is 0 Å². The van der Waals surface area contributed by atoms with E-state index in [0.717, 1.165) is 32.2 Å². The van der Waals surface area contributed by atoms with Crippen molar-refractivity contribution in [3.63, 3.8) is 0 Å². The van der Waals surface area contributed by atoms with Crippen LogP contribution in [0.3, 0.4) is 0 Å². The molecule has 19 heavy (non-hydrogen) atoms. The largest absolute Gasteiger partial charge is 0.365 e. The van der Waals surface area contributed by atoms with Gasteiger partial charge in [0, 0.05) is 17.0 Å². The van der Waals surface area contributed by atoms with Gasteiger partial charge in [-0.2, -0.15) is 0 Å². The maximum Gasteiger partial charge on any atom is 0.161 e. The minimum Gasteiger partial charge on any atom is -0.365 e. The van der Waals surface area contributed by atoms with Gasteiger partial charge in [-0.15, -0.1) is 11.3 Å². The summed E-state index contributed by atoms with van der Waals surface area (Å²) < 4.78 is 0. The van der Waals surface area contributed by atoms with Crippen LogP contribution in [0.5, 0.6) is 0 Å². The van der Waals surface area contributed by atoms with Crippen LogP contribution in [0.4, 0.5) is 0 Å². The molecule has 1 atom stereocenters. The predicted molar refractivity (Wildman–Crippen MR) is 78.0 cm³/mol. The fraction of sp³-hybridized carbons (Fsp3) is 0.714. The smallest absolute Gasteiger partial charge is 0.161 e. The van der Waals surface area contributed by atoms with Crippen LogP contribution in [0.2, 0.25) is 0 Å². The molecule has 1 aromatic rings. The first-order chi connectivity index (χ1) is 9.06. The fourth-order valence-corrected chi connectivity index (χ4v) is 4.67. The second-order valence-electron chi connectivity index (χ2n) is 6.11. The normalized spacial score (nSPS) is 39.3. The lowest BCUT2D eigenvalue weighted by Gasteiger charge is -2.48. The topological polar surface area (TPSA) is 47.5 Å². The van der Waals surface area contributed by atoms with Crippen molar-refractivity contribution in [2.45, 2.75) is 43.1 Å². The van der Waals surface area contributed by atoms with Gasteiger partial charge in [0.1, 0.15) is 0 Å². The molecule has 1 unspecified atom stereocenters. The number of aliphatic hydroxyl groups excluding tert-OH is 1. The Bertz CT molecular complexity index is 424. The summed E-state index contributed by atoms with van der Waals surface area (Å²) in [5.41, 5.74) is 0.269. The van der Waals surface area contributed by atoms with Gasteiger partial charge in [0.05, 0.1) is 5.54 Å². The van der Waals surface area contributed by atoms with E-state index in [2.05, 4.69) is 47.1 Å². The summed E-state index contributed by atoms with van der Waals surface area (Å²) in [6.07, 6.45) is 3.96. The summed E-state index contributed by atoms with van der Waals surface area (Å²) in [7, 11) is 4.37. The highest BCUT2D eigenvalue weighted by molar-refractivity contribution is 7.10. The Morgan fingerprint density at radius 3 is 2.53 bits per heavy atom. The first-order valence-corrected chi connectivity index (χ1v) is 7.85. The molecule has 0 amide bonds. The number of thiophene rings is 1. The van der Waals surface area contributed by atoms with E-state index >= 15 is 0 Å². The molecule has 1 spiro atoms. The van der Waals surface area contributed by atoms with E-state index < -0.39 is 6.35 Å². The van der Waals surface area contributed by atoms with Crippen LogP contribution in [-0.4, -0.2) is 42.5 Å². The summed E-state index contributed by atoms with van der Waals surface area (Å²) in [4.78, 5) is 3.85. The summed E-state index contributed by atoms with van der Waals surface area (Å²) in [5.74, 6) is 0. The number of nitrogens with one attached hydrogen (secondary N) is 2. The Balaban J connectivity index is 1.80. The first-order valence-electron chi connectivity index (χ1n) is 6.97. The van der Waals surface area contributed by atoms with E-state index in [4.69, 9.17) is 0 Å². The molecule has 3 rings (SSSR count). The summed E-state index contributed by atoms with van der Waals surface area (Å²) in [5, 5.41) is 18.2. The minimum absolute atomic E-state index is 0.0934. The third-order valence-corrected chi connectivity index (χ3v) is 6.01. The van der Waals surface area contributed by atoms with E-state index in [0.29, 0.717) is 0 Å². The number of hydrogen-bond acceptors (Lipinski definition) is 5. The van der Waals surface area contributed by atoms with Gasteiger partial charge in [0.15, 0.2) is 6.35 Å². The summed E-state index contributed by atoms with van der Waals surface area (Å²) >= 11 is 1.86. The van der Waals surface area contributed by atoms with Gasteiger partial charge in [0.2, 0.25) is 0 Å². The van der Waals surface area contributed by atoms with Crippen LogP contribution in [0.15, 0.2) is 17.5 Å². The molecular formula is C14H23N3OS. The zero-order valence-corrected chi connectivity index (χ0v) is 12.5. The lowest BCUT2D eigenvalue weighted by molar-refractivity contribution is 0.0527. The van der Waals surface area contributed by atoms with E-state index in [9.17, 15) is 5.11 Å². The maximum absolute atomic E-state index is 9.64. The van der Waals surface area contributed by atoms with Crippen LogP contribution >= 0.6 is 11.3 Å². The van der Waals surface area contributed by atoms with Gasteiger partial charge < -0.3 is 5.11 Å². The van der Waals surface area contributed by atoms with Gasteiger partial charge in [-0.25, -0.2) is 0 Å². The Labute approximate surface area is 118 Å². The molecular weight excluding hydrogens is 258 g/mol. The molecule has 5 heteroatoms. The second-order valence-corrected chi connectivity index (χ2v) is 7.06. The van der Waals surface area contributed by atoms with Crippen molar-refractivity contribution in [3.05, 3.63) is 22.4 Å². The van der Waals surface area contributed by atoms with Crippen molar-refractivity contribution < 1.29 is 5.11 Å². The standard InChI is InChI=1S/C14H23N3OS/c1-17(2)14(11-4-3-9-19-11)7-5-13(6-8-14)10-15-12(18)16-13/h3-4,9,12,15-16,18H,5-8,10H2,1-2H3/t12?,13-,14+. The predicted octanol–water partition coefficient (Wildman–Crippen LogP) is 1.29. The quantitative estimate of drug-likeness (QED) is 0.764. The van der Waals surface area contributed by atoms with Crippen molar-refractivity contribution in [2.75, 3.05) is 20.6 Å². The summed E-state index contributed by atoms with van der Waals surface area (Å²) in [6, 6.07) is 4.41. The Hall–Kier alpha value is -0.460. The zero-order chi connectivity index (χ0) is 13.5. The number of nitrogens with zero attached hydrogens (tertiary/aromatic N) is 1. The Kier molecular flexibility index (Phi) is 3.43. The molecule has 0 aromatic carbocycles. The average Bonchev–Trinajstić information content (AvgIpc) is 3.02. The fourth-order valence-electron chi connectivity index (χ4n) is 3.60. The Morgan fingerprint density at radius 2 is 2.05 bits per heavy atom. The van der Waals surface area contributed by atoms with Crippen molar-refractivity contribution >= 4 is 11.3 Å². The molecule has 1 aliphatic carbocycles. The minimum atomic E-state index is -0.534. The number of rotatable bonds is 2. The molecule has 1 aromatic heterocycles. The lowest BCUT2D eigenvalue weighted by Crippen LogP contribution is -2.54. The van der Waals surface area contributed by atoms with Gasteiger partial charge in [0.25, 0.3) is 0 Å². The van der Waals surface area contributed by atoms with Gasteiger partial charge in [-0.05, 0) is 51.2 Å². The second kappa shape index (κ2) is 4.82. The molecule has 0 bridgehead atoms. The highest BCUT2D eigenvalue weighted by atomic mass is 32.1. The van der Waals surface area contributed by atoms with Crippen molar-refractivity contribution in [3.8, 4) is 0 Å². The molecule has 1 saturated carbocycles. The van der Waals surface area contributed by atoms with Crippen molar-refractivity contribution in [1.29, 1.82) is 0 Å². The van der Waals surface area contributed by atoms with Crippen molar-refractivity contribution in [1.82, 2.24) is 15.5 Å². The highest BCUT2D eigenvalue weighted by Gasteiger charge is 2.47. The zero-order valence-electron chi connectivity index (χ0n) is 11.6. The molecule has 1 saturated heterocycles. The van der Waals surface area contributed by atoms with E-state index in [1.54, 1.807) is 0 Å². The molecule has 2 fully saturated rings. The molecule has 0 radical (unpaired) electrons. The van der Waals surface area contributed by atoms with Gasteiger partial charge in [-0.3, -0.25) is 15.5 Å². The molecule has 2 aliphatic rings. The van der Waals surface area contributed by atoms with Crippen LogP contribution in [0.1, 0.15) is 30.6 Å². The van der Waals surface area contributed by atoms with E-state index in [-0.39, 0.29) is 11.1 Å². The Morgan fingerprint density at radius 1 is 1.32 bits per heavy atom. The van der Waals surface area contributed by atoms with Crippen LogP contribution in [-0.2, 0) is 5.54 Å². The molecule has 3 N–H and O–H groups in total. The third kappa shape index (κ3) is 2.23. The first kappa shape index (κ1) is 13.5. The number of aliphatic hydroxyl groups is 1. The highest BCUT2D eigenvalue weighted by Crippen LogP contribution is 2.46. The van der Waals surface area contributed by atoms with Gasteiger partial charge in [-0.1, -0.05) is 6.07 Å². The van der Waals surface area contributed by atoms with Crippen LogP contribution in [0.25, 0.3) is 0 Å². The van der Waals surface area contributed by atoms with E-state index in [1.807, 2.05) is 11.3 Å². The third-order valence-electron chi connectivity index (χ3n) is 4.95.